The van der Waals surface area contributed by atoms with E-state index in [2.05, 4.69) is 41.5 Å². The van der Waals surface area contributed by atoms with Gasteiger partial charge in [0, 0.05) is 0 Å². The molecule has 0 nitrogen and oxygen atoms in total. The molecule has 0 amide bonds. The van der Waals surface area contributed by atoms with Gasteiger partial charge in [0.2, 0.25) is 0 Å². The van der Waals surface area contributed by atoms with Gasteiger partial charge in [-0.1, -0.05) is 67.2 Å². The van der Waals surface area contributed by atoms with Crippen molar-refractivity contribution in [3.05, 3.63) is 0 Å². The van der Waals surface area contributed by atoms with Crippen LogP contribution in [0.15, 0.2) is 0 Å². The Labute approximate surface area is 91.5 Å². The molecule has 0 N–H and O–H groups in total. The van der Waals surface area contributed by atoms with Gasteiger partial charge in [-0.3, -0.25) is 0 Å². The summed E-state index contributed by atoms with van der Waals surface area (Å²) in [6.45, 7) is 14.3. The minimum Gasteiger partial charge on any atom is -0.0654 e. The van der Waals surface area contributed by atoms with Crippen molar-refractivity contribution < 1.29 is 0 Å². The third-order valence-corrected chi connectivity index (χ3v) is 4.24. The molecule has 0 aromatic rings. The van der Waals surface area contributed by atoms with E-state index in [4.69, 9.17) is 0 Å². The largest absolute Gasteiger partial charge is 0.0654 e. The molecule has 0 aliphatic rings. The summed E-state index contributed by atoms with van der Waals surface area (Å²) in [7, 11) is 0. The fourth-order valence-corrected chi connectivity index (χ4v) is 2.26. The highest BCUT2D eigenvalue weighted by Gasteiger charge is 2.24. The first kappa shape index (κ1) is 14.0. The average Bonchev–Trinajstić information content (AvgIpc) is 2.18. The molecule has 0 aliphatic carbocycles. The van der Waals surface area contributed by atoms with Crippen LogP contribution >= 0.6 is 0 Å². The minimum absolute atomic E-state index is 0.585. The maximum atomic E-state index is 2.45. The Balaban J connectivity index is 4.07. The maximum absolute atomic E-state index is 2.45. The van der Waals surface area contributed by atoms with Gasteiger partial charge in [0.1, 0.15) is 0 Å². The molecular weight excluding hydrogens is 168 g/mol. The molecule has 0 saturated carbocycles. The van der Waals surface area contributed by atoms with E-state index in [1.165, 1.54) is 32.1 Å². The van der Waals surface area contributed by atoms with Crippen molar-refractivity contribution in [1.82, 2.24) is 0 Å². The lowest BCUT2D eigenvalue weighted by molar-refractivity contribution is 0.189. The van der Waals surface area contributed by atoms with Crippen molar-refractivity contribution in [1.29, 1.82) is 0 Å². The molecule has 14 heavy (non-hydrogen) atoms. The van der Waals surface area contributed by atoms with E-state index in [9.17, 15) is 0 Å². The third-order valence-electron chi connectivity index (χ3n) is 4.24. The minimum atomic E-state index is 0.585. The highest BCUT2D eigenvalue weighted by atomic mass is 14.3. The second-order valence-electron chi connectivity index (χ2n) is 5.47. The standard InChI is InChI=1S/C14H30/c1-7-10-12(4)13(5)11-14(6,8-2)9-3/h12-13H,7-11H2,1-6H3. The van der Waals surface area contributed by atoms with Crippen molar-refractivity contribution in [3.8, 4) is 0 Å². The maximum Gasteiger partial charge on any atom is -0.0328 e. The normalized spacial score (nSPS) is 16.7. The van der Waals surface area contributed by atoms with Gasteiger partial charge in [-0.15, -0.1) is 0 Å². The summed E-state index contributed by atoms with van der Waals surface area (Å²) in [4.78, 5) is 0. The van der Waals surface area contributed by atoms with E-state index < -0.39 is 0 Å². The first-order valence-corrected chi connectivity index (χ1v) is 6.49. The van der Waals surface area contributed by atoms with Crippen molar-refractivity contribution in [3.63, 3.8) is 0 Å². The van der Waals surface area contributed by atoms with Crippen LogP contribution in [-0.4, -0.2) is 0 Å². The molecule has 0 rings (SSSR count). The van der Waals surface area contributed by atoms with Crippen LogP contribution in [0.4, 0.5) is 0 Å². The Hall–Kier alpha value is 0. The van der Waals surface area contributed by atoms with Crippen molar-refractivity contribution in [2.75, 3.05) is 0 Å². The first-order chi connectivity index (χ1) is 6.49. The second-order valence-corrected chi connectivity index (χ2v) is 5.47. The molecule has 0 spiro atoms. The lowest BCUT2D eigenvalue weighted by atomic mass is 9.73. The molecule has 0 heteroatoms. The lowest BCUT2D eigenvalue weighted by Crippen LogP contribution is -2.21. The molecule has 0 bridgehead atoms. The van der Waals surface area contributed by atoms with Crippen LogP contribution in [0, 0.1) is 17.3 Å². The zero-order chi connectivity index (χ0) is 11.2. The predicted octanol–water partition coefficient (Wildman–Crippen LogP) is 5.28. The van der Waals surface area contributed by atoms with Gasteiger partial charge in [0.25, 0.3) is 0 Å². The summed E-state index contributed by atoms with van der Waals surface area (Å²) in [6.07, 6.45) is 6.78. The highest BCUT2D eigenvalue weighted by molar-refractivity contribution is 4.75. The van der Waals surface area contributed by atoms with E-state index in [1.54, 1.807) is 0 Å². The monoisotopic (exact) mass is 198 g/mol. The van der Waals surface area contributed by atoms with E-state index in [1.807, 2.05) is 0 Å². The molecule has 86 valence electrons. The van der Waals surface area contributed by atoms with E-state index in [-0.39, 0.29) is 0 Å². The molecule has 0 radical (unpaired) electrons. The number of hydrogen-bond acceptors (Lipinski definition) is 0. The Kier molecular flexibility index (Phi) is 6.48. The Morgan fingerprint density at radius 2 is 1.43 bits per heavy atom. The molecule has 0 heterocycles. The molecule has 0 saturated heterocycles. The zero-order valence-corrected chi connectivity index (χ0v) is 11.2. The number of hydrogen-bond donors (Lipinski definition) is 0. The summed E-state index contributed by atoms with van der Waals surface area (Å²) in [5.41, 5.74) is 0.585. The van der Waals surface area contributed by atoms with E-state index >= 15 is 0 Å². The fraction of sp³-hybridized carbons (Fsp3) is 1.00. The Morgan fingerprint density at radius 1 is 0.929 bits per heavy atom. The van der Waals surface area contributed by atoms with Crippen LogP contribution in [0.1, 0.15) is 73.6 Å². The Bertz CT molecular complexity index is 133. The summed E-state index contributed by atoms with van der Waals surface area (Å²) in [5.74, 6) is 1.79. The van der Waals surface area contributed by atoms with Gasteiger partial charge in [-0.05, 0) is 23.7 Å². The zero-order valence-electron chi connectivity index (χ0n) is 11.2. The van der Waals surface area contributed by atoms with Crippen LogP contribution in [0.25, 0.3) is 0 Å². The quantitative estimate of drug-likeness (QED) is 0.522. The molecule has 0 aromatic heterocycles. The SMILES string of the molecule is CCCC(C)C(C)CC(C)(CC)CC. The van der Waals surface area contributed by atoms with Crippen LogP contribution in [0.3, 0.4) is 0 Å². The number of rotatable bonds is 7. The summed E-state index contributed by atoms with van der Waals surface area (Å²) >= 11 is 0. The average molecular weight is 198 g/mol. The smallest absolute Gasteiger partial charge is 0.0328 e. The molecule has 0 fully saturated rings. The van der Waals surface area contributed by atoms with Crippen molar-refractivity contribution in [2.24, 2.45) is 17.3 Å². The topological polar surface area (TPSA) is 0 Å². The summed E-state index contributed by atoms with van der Waals surface area (Å²) < 4.78 is 0. The first-order valence-electron chi connectivity index (χ1n) is 6.49. The Morgan fingerprint density at radius 3 is 1.79 bits per heavy atom. The molecular formula is C14H30. The summed E-state index contributed by atoms with van der Waals surface area (Å²) in [6, 6.07) is 0. The van der Waals surface area contributed by atoms with Crippen molar-refractivity contribution >= 4 is 0 Å². The molecule has 0 aliphatic heterocycles. The van der Waals surface area contributed by atoms with E-state index in [0.29, 0.717) is 5.41 Å². The van der Waals surface area contributed by atoms with Crippen LogP contribution in [0.2, 0.25) is 0 Å². The van der Waals surface area contributed by atoms with Crippen molar-refractivity contribution in [2.45, 2.75) is 73.6 Å². The van der Waals surface area contributed by atoms with E-state index in [0.717, 1.165) is 11.8 Å². The third kappa shape index (κ3) is 4.48. The van der Waals surface area contributed by atoms with Gasteiger partial charge >= 0.3 is 0 Å². The van der Waals surface area contributed by atoms with Gasteiger partial charge in [-0.2, -0.15) is 0 Å². The van der Waals surface area contributed by atoms with Crippen LogP contribution < -0.4 is 0 Å². The molecule has 2 unspecified atom stereocenters. The lowest BCUT2D eigenvalue weighted by Gasteiger charge is -2.32. The van der Waals surface area contributed by atoms with Gasteiger partial charge in [0.05, 0.1) is 0 Å². The molecule has 0 aromatic carbocycles. The van der Waals surface area contributed by atoms with Gasteiger partial charge in [-0.25, -0.2) is 0 Å². The molecule has 2 atom stereocenters. The van der Waals surface area contributed by atoms with Crippen LogP contribution in [-0.2, 0) is 0 Å². The predicted molar refractivity (Wildman–Crippen MR) is 66.5 cm³/mol. The summed E-state index contributed by atoms with van der Waals surface area (Å²) in [5, 5.41) is 0. The fourth-order valence-electron chi connectivity index (χ4n) is 2.26. The van der Waals surface area contributed by atoms with Gasteiger partial charge < -0.3 is 0 Å². The highest BCUT2D eigenvalue weighted by Crippen LogP contribution is 2.36. The second kappa shape index (κ2) is 6.48. The van der Waals surface area contributed by atoms with Crippen LogP contribution in [0.5, 0.6) is 0 Å². The van der Waals surface area contributed by atoms with Gasteiger partial charge in [0.15, 0.2) is 0 Å².